The second-order valence-corrected chi connectivity index (χ2v) is 7.78. The fourth-order valence-electron chi connectivity index (χ4n) is 3.32. The molecule has 5 heteroatoms. The predicted octanol–water partition coefficient (Wildman–Crippen LogP) is 2.85. The van der Waals surface area contributed by atoms with Gasteiger partial charge in [-0.3, -0.25) is 4.79 Å². The fraction of sp³-hybridized carbons (Fsp3) is 0.632. The van der Waals surface area contributed by atoms with E-state index in [0.29, 0.717) is 6.54 Å². The van der Waals surface area contributed by atoms with Crippen LogP contribution in [0.4, 0.5) is 4.39 Å². The Labute approximate surface area is 144 Å². The summed E-state index contributed by atoms with van der Waals surface area (Å²) >= 11 is 0. The molecule has 1 saturated carbocycles. The molecule has 2 N–H and O–H groups in total. The Kier molecular flexibility index (Phi) is 5.99. The smallest absolute Gasteiger partial charge is 0.237 e. The molecule has 1 amide bonds. The van der Waals surface area contributed by atoms with E-state index in [0.717, 1.165) is 31.2 Å². The molecule has 0 unspecified atom stereocenters. The maximum absolute atomic E-state index is 13.4. The Hall–Kier alpha value is -1.46. The van der Waals surface area contributed by atoms with Gasteiger partial charge in [0.05, 0.1) is 13.2 Å². The largest absolute Gasteiger partial charge is 0.394 e. The number of amides is 1. The first-order chi connectivity index (χ1) is 11.3. The first-order valence-electron chi connectivity index (χ1n) is 8.67. The first kappa shape index (κ1) is 18.9. The third-order valence-electron chi connectivity index (χ3n) is 4.82. The van der Waals surface area contributed by atoms with Gasteiger partial charge in [-0.25, -0.2) is 4.39 Å². The molecule has 4 nitrogen and oxygen atoms in total. The highest BCUT2D eigenvalue weighted by Crippen LogP contribution is 2.29. The van der Waals surface area contributed by atoms with Crippen molar-refractivity contribution in [2.75, 3.05) is 13.2 Å². The van der Waals surface area contributed by atoms with Gasteiger partial charge in [0, 0.05) is 17.6 Å². The van der Waals surface area contributed by atoms with Crippen molar-refractivity contribution in [3.8, 4) is 0 Å². The first-order valence-corrected chi connectivity index (χ1v) is 8.67. The Morgan fingerprint density at radius 3 is 2.54 bits per heavy atom. The Bertz CT molecular complexity index is 563. The van der Waals surface area contributed by atoms with Crippen molar-refractivity contribution in [2.45, 2.75) is 64.1 Å². The molecule has 1 aromatic carbocycles. The second-order valence-electron chi connectivity index (χ2n) is 7.78. The van der Waals surface area contributed by atoms with Crippen LogP contribution in [0.15, 0.2) is 24.3 Å². The summed E-state index contributed by atoms with van der Waals surface area (Å²) in [7, 11) is 0. The van der Waals surface area contributed by atoms with Crippen LogP contribution < -0.4 is 5.32 Å². The molecule has 0 bridgehead atoms. The molecule has 0 aliphatic heterocycles. The van der Waals surface area contributed by atoms with Crippen LogP contribution in [0.2, 0.25) is 0 Å². The quantitative estimate of drug-likeness (QED) is 0.840. The number of aliphatic hydroxyl groups is 1. The average Bonchev–Trinajstić information content (AvgIpc) is 2.99. The van der Waals surface area contributed by atoms with Gasteiger partial charge in [-0.2, -0.15) is 0 Å². The maximum Gasteiger partial charge on any atom is 0.237 e. The van der Waals surface area contributed by atoms with Gasteiger partial charge >= 0.3 is 0 Å². The van der Waals surface area contributed by atoms with E-state index >= 15 is 0 Å². The lowest BCUT2D eigenvalue weighted by atomic mass is 9.98. The summed E-state index contributed by atoms with van der Waals surface area (Å²) in [6, 6.07) is 6.35. The van der Waals surface area contributed by atoms with Gasteiger partial charge in [-0.1, -0.05) is 25.0 Å². The zero-order chi connectivity index (χ0) is 17.8. The van der Waals surface area contributed by atoms with Gasteiger partial charge in [0.25, 0.3) is 0 Å². The second kappa shape index (κ2) is 7.62. The van der Waals surface area contributed by atoms with Crippen molar-refractivity contribution < 1.29 is 14.3 Å². The molecule has 1 aromatic rings. The summed E-state index contributed by atoms with van der Waals surface area (Å²) < 4.78 is 13.4. The number of nitrogens with zero attached hydrogens (tertiary/aromatic N) is 1. The lowest BCUT2D eigenvalue weighted by Gasteiger charge is -2.37. The van der Waals surface area contributed by atoms with Crippen LogP contribution in [0.3, 0.4) is 0 Å². The summed E-state index contributed by atoms with van der Waals surface area (Å²) in [5.74, 6) is -0.330. The summed E-state index contributed by atoms with van der Waals surface area (Å²) in [6.07, 6.45) is 3.95. The van der Waals surface area contributed by atoms with Gasteiger partial charge in [0.2, 0.25) is 5.91 Å². The minimum absolute atomic E-state index is 0.0357. The van der Waals surface area contributed by atoms with Crippen molar-refractivity contribution in [1.82, 2.24) is 10.2 Å². The van der Waals surface area contributed by atoms with Crippen LogP contribution in [0.25, 0.3) is 0 Å². The van der Waals surface area contributed by atoms with Crippen LogP contribution in [0, 0.1) is 5.82 Å². The molecular weight excluding hydrogens is 307 g/mol. The van der Waals surface area contributed by atoms with Gasteiger partial charge in [0.1, 0.15) is 5.82 Å². The predicted molar refractivity (Wildman–Crippen MR) is 93.0 cm³/mol. The number of nitrogens with one attached hydrogen (secondary N) is 1. The third kappa shape index (κ3) is 4.77. The highest BCUT2D eigenvalue weighted by atomic mass is 19.1. The zero-order valence-electron chi connectivity index (χ0n) is 14.9. The van der Waals surface area contributed by atoms with Crippen LogP contribution >= 0.6 is 0 Å². The highest BCUT2D eigenvalue weighted by Gasteiger charge is 2.34. The number of rotatable bonds is 6. The number of aliphatic hydroxyl groups excluding tert-OH is 1. The van der Waals surface area contributed by atoms with E-state index in [2.05, 4.69) is 5.32 Å². The maximum atomic E-state index is 13.4. The lowest BCUT2D eigenvalue weighted by Crippen LogP contribution is -2.53. The van der Waals surface area contributed by atoms with Crippen molar-refractivity contribution in [2.24, 2.45) is 0 Å². The molecular formula is C19H29FN2O2. The van der Waals surface area contributed by atoms with Crippen molar-refractivity contribution in [1.29, 1.82) is 0 Å². The van der Waals surface area contributed by atoms with Crippen molar-refractivity contribution in [3.63, 3.8) is 0 Å². The Morgan fingerprint density at radius 1 is 1.33 bits per heavy atom. The summed E-state index contributed by atoms with van der Waals surface area (Å²) in [6.45, 7) is 6.53. The monoisotopic (exact) mass is 336 g/mol. The number of hydrogen-bond acceptors (Lipinski definition) is 3. The SMILES string of the molecule is CC(C)(C)N(Cc1cccc(F)c1)C(=O)CNC1(CO)CCCC1. The van der Waals surface area contributed by atoms with Gasteiger partial charge in [-0.15, -0.1) is 0 Å². The third-order valence-corrected chi connectivity index (χ3v) is 4.82. The molecule has 0 atom stereocenters. The molecule has 0 spiro atoms. The number of hydrogen-bond donors (Lipinski definition) is 2. The fourth-order valence-corrected chi connectivity index (χ4v) is 3.32. The highest BCUT2D eigenvalue weighted by molar-refractivity contribution is 5.79. The summed E-state index contributed by atoms with van der Waals surface area (Å²) in [4.78, 5) is 14.5. The van der Waals surface area contributed by atoms with Crippen LogP contribution in [-0.4, -0.2) is 40.1 Å². The van der Waals surface area contributed by atoms with E-state index in [4.69, 9.17) is 0 Å². The normalized spacial score (nSPS) is 17.0. The minimum Gasteiger partial charge on any atom is -0.394 e. The summed E-state index contributed by atoms with van der Waals surface area (Å²) in [5.41, 5.74) is 0.0848. The van der Waals surface area contributed by atoms with E-state index < -0.39 is 0 Å². The van der Waals surface area contributed by atoms with E-state index in [1.807, 2.05) is 26.8 Å². The molecule has 1 fully saturated rings. The Balaban J connectivity index is 2.05. The van der Waals surface area contributed by atoms with E-state index in [9.17, 15) is 14.3 Å². The van der Waals surface area contributed by atoms with Crippen LogP contribution in [0.1, 0.15) is 52.0 Å². The van der Waals surface area contributed by atoms with Gasteiger partial charge < -0.3 is 15.3 Å². The van der Waals surface area contributed by atoms with Crippen molar-refractivity contribution in [3.05, 3.63) is 35.6 Å². The lowest BCUT2D eigenvalue weighted by molar-refractivity contribution is -0.136. The minimum atomic E-state index is -0.368. The molecule has 1 aliphatic rings. The standard InChI is InChI=1S/C19H29FN2O2/c1-18(2,3)22(13-15-7-6-8-16(20)11-15)17(24)12-21-19(14-23)9-4-5-10-19/h6-8,11,21,23H,4-5,9-10,12-14H2,1-3H3. The van der Waals surface area contributed by atoms with Crippen LogP contribution in [0.5, 0.6) is 0 Å². The topological polar surface area (TPSA) is 52.6 Å². The average molecular weight is 336 g/mol. The Morgan fingerprint density at radius 2 is 2.00 bits per heavy atom. The molecule has 1 aliphatic carbocycles. The number of carbonyl (C=O) groups is 1. The van der Waals surface area contributed by atoms with Crippen LogP contribution in [-0.2, 0) is 11.3 Å². The van der Waals surface area contributed by atoms with E-state index in [-0.39, 0.29) is 36.0 Å². The molecule has 0 saturated heterocycles. The molecule has 24 heavy (non-hydrogen) atoms. The van der Waals surface area contributed by atoms with Gasteiger partial charge in [0.15, 0.2) is 0 Å². The summed E-state index contributed by atoms with van der Waals surface area (Å²) in [5, 5.41) is 12.9. The molecule has 0 heterocycles. The number of carbonyl (C=O) groups excluding carboxylic acids is 1. The van der Waals surface area contributed by atoms with E-state index in [1.54, 1.807) is 11.0 Å². The number of benzene rings is 1. The van der Waals surface area contributed by atoms with E-state index in [1.165, 1.54) is 12.1 Å². The number of halogens is 1. The van der Waals surface area contributed by atoms with Crippen molar-refractivity contribution >= 4 is 5.91 Å². The molecule has 0 aromatic heterocycles. The zero-order valence-corrected chi connectivity index (χ0v) is 14.9. The van der Waals surface area contributed by atoms with Gasteiger partial charge in [-0.05, 0) is 51.3 Å². The molecule has 0 radical (unpaired) electrons. The molecule has 134 valence electrons. The molecule has 2 rings (SSSR count).